The number of fused-ring (bicyclic) bond motifs is 6. The van der Waals surface area contributed by atoms with Crippen LogP contribution in [0.3, 0.4) is 0 Å². The molecule has 6 rings (SSSR count). The maximum Gasteiger partial charge on any atom is 0.216 e. The molecule has 3 aromatic heterocycles. The van der Waals surface area contributed by atoms with Crippen molar-refractivity contribution >= 4 is 62.8 Å². The Morgan fingerprint density at radius 1 is 0.868 bits per heavy atom. The number of hydrogen-bond acceptors (Lipinski definition) is 6. The van der Waals surface area contributed by atoms with E-state index < -0.39 is 8.07 Å². The van der Waals surface area contributed by atoms with Crippen molar-refractivity contribution in [2.45, 2.75) is 115 Å². The minimum atomic E-state index is -1.54. The molecule has 6 nitrogen and oxygen atoms in total. The number of pyridine rings is 1. The monoisotopic (exact) mass is 907 g/mol. The first-order valence-electron chi connectivity index (χ1n) is 18.8. The summed E-state index contributed by atoms with van der Waals surface area (Å²) in [6, 6.07) is 16.3. The average molecular weight is 907 g/mol. The summed E-state index contributed by atoms with van der Waals surface area (Å²) in [5, 5.41) is 17.2. The molecule has 0 aliphatic heterocycles. The average Bonchev–Trinajstić information content (AvgIpc) is 3.49. The van der Waals surface area contributed by atoms with Crippen LogP contribution in [0.1, 0.15) is 89.6 Å². The second kappa shape index (κ2) is 15.9. The second-order valence-electron chi connectivity index (χ2n) is 16.1. The van der Waals surface area contributed by atoms with Gasteiger partial charge in [-0.15, -0.1) is 17.7 Å². The number of aromatic nitrogens is 3. The molecule has 0 spiro atoms. The topological polar surface area (TPSA) is 89.1 Å². The van der Waals surface area contributed by atoms with Crippen molar-refractivity contribution in [2.24, 2.45) is 10.8 Å². The SMILES string of the molecule is CCC(C)(CC)C(=O)/C=C(\O)C(C)(CC)CC.Cc1ccc2c(n1)oc1c(-c3ncnc4c3ccc3cc(C)c([Si](C)(C)C)c(C)c34)[c-]cc(C)c12.[Ir]. The van der Waals surface area contributed by atoms with Gasteiger partial charge in [0.05, 0.1) is 19.2 Å². The van der Waals surface area contributed by atoms with Gasteiger partial charge in [0.15, 0.2) is 5.78 Å². The number of hydrogen-bond donors (Lipinski definition) is 1. The van der Waals surface area contributed by atoms with Crippen molar-refractivity contribution in [2.75, 3.05) is 0 Å². The van der Waals surface area contributed by atoms with Gasteiger partial charge in [-0.05, 0) is 74.9 Å². The van der Waals surface area contributed by atoms with Gasteiger partial charge in [-0.1, -0.05) is 108 Å². The van der Waals surface area contributed by atoms with Gasteiger partial charge in [0.25, 0.3) is 0 Å². The molecular formula is C45H56IrN3O3Si-. The van der Waals surface area contributed by atoms with Crippen LogP contribution in [-0.4, -0.2) is 33.9 Å². The van der Waals surface area contributed by atoms with E-state index in [0.29, 0.717) is 5.71 Å². The molecule has 0 aliphatic rings. The van der Waals surface area contributed by atoms with Gasteiger partial charge in [0.2, 0.25) is 5.71 Å². The first-order chi connectivity index (χ1) is 24.4. The molecule has 0 unspecified atom stereocenters. The van der Waals surface area contributed by atoms with Gasteiger partial charge in [-0.3, -0.25) is 9.78 Å². The molecule has 6 aromatic rings. The maximum atomic E-state index is 12.2. The normalized spacial score (nSPS) is 12.7. The summed E-state index contributed by atoms with van der Waals surface area (Å²) in [4.78, 5) is 26.4. The van der Waals surface area contributed by atoms with Crippen molar-refractivity contribution < 1.29 is 34.4 Å². The fourth-order valence-corrected chi connectivity index (χ4v) is 10.1. The molecular weight excluding hydrogens is 851 g/mol. The Balaban J connectivity index is 0.000000299. The summed E-state index contributed by atoms with van der Waals surface area (Å²) in [5.41, 5.74) is 8.27. The largest absolute Gasteiger partial charge is 0.512 e. The van der Waals surface area contributed by atoms with Crippen LogP contribution in [0.15, 0.2) is 59.0 Å². The van der Waals surface area contributed by atoms with Crippen molar-refractivity contribution in [1.82, 2.24) is 15.0 Å². The number of ketones is 1. The van der Waals surface area contributed by atoms with Crippen LogP contribution in [0.2, 0.25) is 19.6 Å². The molecule has 0 atom stereocenters. The van der Waals surface area contributed by atoms with Gasteiger partial charge in [0, 0.05) is 59.2 Å². The summed E-state index contributed by atoms with van der Waals surface area (Å²) in [7, 11) is -1.54. The molecule has 0 amide bonds. The van der Waals surface area contributed by atoms with Gasteiger partial charge in [-0.25, -0.2) is 9.97 Å². The molecule has 3 heterocycles. The van der Waals surface area contributed by atoms with Gasteiger partial charge in [-0.2, -0.15) is 0 Å². The van der Waals surface area contributed by atoms with Crippen LogP contribution in [0.25, 0.3) is 55.0 Å². The number of aryl methyl sites for hydroxylation is 4. The Morgan fingerprint density at radius 2 is 1.49 bits per heavy atom. The molecule has 0 saturated carbocycles. The molecule has 53 heavy (non-hydrogen) atoms. The Kier molecular flexibility index (Phi) is 12.6. The van der Waals surface area contributed by atoms with Crippen LogP contribution in [0, 0.1) is 44.6 Å². The van der Waals surface area contributed by atoms with E-state index in [0.717, 1.165) is 75.5 Å². The third-order valence-electron chi connectivity index (χ3n) is 11.7. The van der Waals surface area contributed by atoms with E-state index >= 15 is 0 Å². The van der Waals surface area contributed by atoms with E-state index in [4.69, 9.17) is 14.4 Å². The van der Waals surface area contributed by atoms with Crippen molar-refractivity contribution in [3.05, 3.63) is 83.0 Å². The number of benzene rings is 3. The Labute approximate surface area is 330 Å². The molecule has 0 aliphatic carbocycles. The zero-order valence-corrected chi connectivity index (χ0v) is 37.3. The van der Waals surface area contributed by atoms with E-state index in [1.807, 2.05) is 60.6 Å². The van der Waals surface area contributed by atoms with Crippen LogP contribution in [0.4, 0.5) is 0 Å². The van der Waals surface area contributed by atoms with Crippen LogP contribution in [0.5, 0.6) is 0 Å². The number of rotatable bonds is 9. The molecule has 0 bridgehead atoms. The number of nitrogens with zero attached hydrogens (tertiary/aromatic N) is 3. The molecule has 1 radical (unpaired) electrons. The van der Waals surface area contributed by atoms with Crippen LogP contribution < -0.4 is 5.19 Å². The summed E-state index contributed by atoms with van der Waals surface area (Å²) in [6.07, 6.45) is 6.43. The number of allylic oxidation sites excluding steroid dienone is 2. The van der Waals surface area contributed by atoms with Gasteiger partial charge in [0.1, 0.15) is 12.1 Å². The smallest absolute Gasteiger partial charge is 0.216 e. The maximum absolute atomic E-state index is 12.2. The fraction of sp³-hybridized carbons (Fsp3) is 0.422. The third kappa shape index (κ3) is 7.78. The third-order valence-corrected chi connectivity index (χ3v) is 14.0. The Hall–Kier alpha value is -3.71. The molecule has 3 aromatic carbocycles. The quantitative estimate of drug-likeness (QED) is 0.0511. The van der Waals surface area contributed by atoms with Crippen LogP contribution >= 0.6 is 0 Å². The van der Waals surface area contributed by atoms with E-state index in [1.54, 1.807) is 6.33 Å². The van der Waals surface area contributed by atoms with Gasteiger partial charge >= 0.3 is 0 Å². The summed E-state index contributed by atoms with van der Waals surface area (Å²) in [5.74, 6) is 0.286. The minimum absolute atomic E-state index is 0. The summed E-state index contributed by atoms with van der Waals surface area (Å²) in [6.45, 7) is 27.9. The van der Waals surface area contributed by atoms with Crippen LogP contribution in [-0.2, 0) is 24.9 Å². The number of aliphatic hydroxyl groups is 1. The van der Waals surface area contributed by atoms with Crippen molar-refractivity contribution in [1.29, 1.82) is 0 Å². The predicted octanol–water partition coefficient (Wildman–Crippen LogP) is 12.0. The van der Waals surface area contributed by atoms with E-state index in [-0.39, 0.29) is 42.5 Å². The summed E-state index contributed by atoms with van der Waals surface area (Å²) < 4.78 is 6.34. The first-order valence-corrected chi connectivity index (χ1v) is 22.3. The molecule has 283 valence electrons. The standard InChI is InChI=1S/C30H28N3OSi.C15H28O2.Ir/c1-16-8-11-23(28-24(16)21-12-9-18(3)33-30(21)34-28)26-22-13-10-20-14-17(2)29(35(5,6)7)19(4)25(20)27(22)32-15-31-26;1-7-14(5,8-2)12(16)11-13(17)15(6,9-3)10-4;/h8-10,12-15H,1-7H3;11,16H,7-10H2,1-6H3;/q-1;;/b;12-11-;. The number of aliphatic hydroxyl groups excluding tert-OH is 1. The molecule has 0 fully saturated rings. The molecule has 1 N–H and O–H groups in total. The molecule has 0 saturated heterocycles. The van der Waals surface area contributed by atoms with Crippen molar-refractivity contribution in [3.8, 4) is 11.3 Å². The number of carbonyl (C=O) groups is 1. The Morgan fingerprint density at radius 3 is 2.09 bits per heavy atom. The number of furan rings is 1. The minimum Gasteiger partial charge on any atom is -0.512 e. The predicted molar refractivity (Wildman–Crippen MR) is 221 cm³/mol. The van der Waals surface area contributed by atoms with E-state index in [9.17, 15) is 9.90 Å². The Bertz CT molecular complexity index is 2340. The fourth-order valence-electron chi connectivity index (χ4n) is 7.56. The van der Waals surface area contributed by atoms with Gasteiger partial charge < -0.3 is 9.52 Å². The number of carbonyl (C=O) groups excluding carboxylic acids is 1. The van der Waals surface area contributed by atoms with E-state index in [2.05, 4.69) is 75.7 Å². The first kappa shape index (κ1) is 42.0. The summed E-state index contributed by atoms with van der Waals surface area (Å²) >= 11 is 0. The zero-order valence-electron chi connectivity index (χ0n) is 33.9. The molecule has 8 heteroatoms. The second-order valence-corrected chi connectivity index (χ2v) is 21.1. The van der Waals surface area contributed by atoms with Crippen molar-refractivity contribution in [3.63, 3.8) is 0 Å². The van der Waals surface area contributed by atoms with E-state index in [1.165, 1.54) is 33.2 Å². The zero-order chi connectivity index (χ0) is 38.3.